The number of hydrogen-bond acceptors (Lipinski definition) is 4. The molecule has 0 fully saturated rings. The Labute approximate surface area is 128 Å². The molecule has 2 aromatic rings. The minimum atomic E-state index is -0.470. The van der Waals surface area contributed by atoms with E-state index in [-0.39, 0.29) is 11.6 Å². The summed E-state index contributed by atoms with van der Waals surface area (Å²) in [6.45, 7) is 5.04. The molecule has 1 N–H and O–H groups in total. The first kappa shape index (κ1) is 15.5. The first-order valence-electron chi connectivity index (χ1n) is 6.74. The highest BCUT2D eigenvalue weighted by molar-refractivity contribution is 6.30. The molecular formula is C15H17ClFN3O. The number of benzene rings is 1. The summed E-state index contributed by atoms with van der Waals surface area (Å²) in [5, 5.41) is 3.24. The number of nitrogens with one attached hydrogen (secondary N) is 1. The number of rotatable bonds is 6. The van der Waals surface area contributed by atoms with Crippen LogP contribution in [-0.2, 0) is 6.61 Å². The van der Waals surface area contributed by atoms with Crippen LogP contribution in [0.1, 0.15) is 24.9 Å². The lowest BCUT2D eigenvalue weighted by Crippen LogP contribution is -2.08. The van der Waals surface area contributed by atoms with Gasteiger partial charge in [0.05, 0.1) is 5.02 Å². The topological polar surface area (TPSA) is 47.0 Å². The number of aryl methyl sites for hydroxylation is 1. The van der Waals surface area contributed by atoms with Crippen LogP contribution in [0.2, 0.25) is 5.02 Å². The van der Waals surface area contributed by atoms with Gasteiger partial charge in [-0.3, -0.25) is 0 Å². The predicted molar refractivity (Wildman–Crippen MR) is 81.3 cm³/mol. The summed E-state index contributed by atoms with van der Waals surface area (Å²) >= 11 is 5.71. The number of ether oxygens (including phenoxy) is 1. The standard InChI is InChI=1S/C15H17ClFN3O/c1-3-6-18-14-7-10(2)19-15(20-14)9-21-11-4-5-13(17)12(16)8-11/h4-5,7-8H,3,6,9H2,1-2H3,(H,18,19,20). The van der Waals surface area contributed by atoms with Gasteiger partial charge in [0.15, 0.2) is 5.82 Å². The maximum absolute atomic E-state index is 13.1. The van der Waals surface area contributed by atoms with Crippen LogP contribution in [0.25, 0.3) is 0 Å². The summed E-state index contributed by atoms with van der Waals surface area (Å²) in [6, 6.07) is 6.10. The molecule has 0 atom stereocenters. The van der Waals surface area contributed by atoms with Crippen molar-refractivity contribution in [3.05, 3.63) is 46.6 Å². The van der Waals surface area contributed by atoms with Crippen molar-refractivity contribution in [2.24, 2.45) is 0 Å². The van der Waals surface area contributed by atoms with Crippen LogP contribution in [0.4, 0.5) is 10.2 Å². The van der Waals surface area contributed by atoms with E-state index < -0.39 is 5.82 Å². The number of hydrogen-bond donors (Lipinski definition) is 1. The summed E-state index contributed by atoms with van der Waals surface area (Å²) in [7, 11) is 0. The van der Waals surface area contributed by atoms with Crippen molar-refractivity contribution in [1.29, 1.82) is 0 Å². The number of aromatic nitrogens is 2. The van der Waals surface area contributed by atoms with E-state index in [9.17, 15) is 4.39 Å². The second-order valence-corrected chi connectivity index (χ2v) is 5.01. The SMILES string of the molecule is CCCNc1cc(C)nc(COc2ccc(F)c(Cl)c2)n1. The number of halogens is 2. The van der Waals surface area contributed by atoms with Gasteiger partial charge in [-0.05, 0) is 25.5 Å². The average molecular weight is 310 g/mol. The van der Waals surface area contributed by atoms with Gasteiger partial charge in [-0.2, -0.15) is 0 Å². The molecule has 0 aliphatic heterocycles. The van der Waals surface area contributed by atoms with Crippen LogP contribution in [0.15, 0.2) is 24.3 Å². The molecule has 2 rings (SSSR count). The summed E-state index contributed by atoms with van der Waals surface area (Å²) in [5.74, 6) is 1.35. The van der Waals surface area contributed by atoms with Crippen LogP contribution in [-0.4, -0.2) is 16.5 Å². The van der Waals surface area contributed by atoms with Crippen molar-refractivity contribution in [1.82, 2.24) is 9.97 Å². The maximum atomic E-state index is 13.1. The Morgan fingerprint density at radius 3 is 2.81 bits per heavy atom. The van der Waals surface area contributed by atoms with Gasteiger partial charge in [0.1, 0.15) is 24.0 Å². The second kappa shape index (κ2) is 7.22. The third-order valence-electron chi connectivity index (χ3n) is 2.72. The Balaban J connectivity index is 2.05. The van der Waals surface area contributed by atoms with Gasteiger partial charge < -0.3 is 10.1 Å². The van der Waals surface area contributed by atoms with Gasteiger partial charge in [0.25, 0.3) is 0 Å². The molecule has 0 spiro atoms. The van der Waals surface area contributed by atoms with Gasteiger partial charge in [-0.25, -0.2) is 14.4 Å². The molecular weight excluding hydrogens is 293 g/mol. The van der Waals surface area contributed by atoms with Crippen molar-refractivity contribution >= 4 is 17.4 Å². The smallest absolute Gasteiger partial charge is 0.168 e. The van der Waals surface area contributed by atoms with Crippen molar-refractivity contribution < 1.29 is 9.13 Å². The van der Waals surface area contributed by atoms with E-state index in [1.165, 1.54) is 18.2 Å². The highest BCUT2D eigenvalue weighted by atomic mass is 35.5. The van der Waals surface area contributed by atoms with E-state index in [0.29, 0.717) is 11.6 Å². The van der Waals surface area contributed by atoms with Crippen molar-refractivity contribution in [3.8, 4) is 5.75 Å². The first-order valence-corrected chi connectivity index (χ1v) is 7.12. The second-order valence-electron chi connectivity index (χ2n) is 4.60. The van der Waals surface area contributed by atoms with Gasteiger partial charge in [0.2, 0.25) is 0 Å². The molecule has 0 unspecified atom stereocenters. The normalized spacial score (nSPS) is 10.5. The van der Waals surface area contributed by atoms with E-state index in [4.69, 9.17) is 16.3 Å². The first-order chi connectivity index (χ1) is 10.1. The lowest BCUT2D eigenvalue weighted by Gasteiger charge is -2.09. The van der Waals surface area contributed by atoms with Crippen LogP contribution in [0.3, 0.4) is 0 Å². The van der Waals surface area contributed by atoms with Gasteiger partial charge in [-0.15, -0.1) is 0 Å². The zero-order valence-electron chi connectivity index (χ0n) is 12.0. The Morgan fingerprint density at radius 2 is 2.10 bits per heavy atom. The molecule has 0 aliphatic rings. The third kappa shape index (κ3) is 4.56. The zero-order valence-corrected chi connectivity index (χ0v) is 12.7. The van der Waals surface area contributed by atoms with E-state index in [2.05, 4.69) is 22.2 Å². The minimum Gasteiger partial charge on any atom is -0.486 e. The Kier molecular flexibility index (Phi) is 5.33. The summed E-state index contributed by atoms with van der Waals surface area (Å²) < 4.78 is 18.6. The molecule has 0 saturated heterocycles. The Hall–Kier alpha value is -1.88. The molecule has 112 valence electrons. The molecule has 1 aromatic heterocycles. The number of anilines is 1. The maximum Gasteiger partial charge on any atom is 0.168 e. The fourth-order valence-electron chi connectivity index (χ4n) is 1.75. The van der Waals surface area contributed by atoms with E-state index >= 15 is 0 Å². The number of nitrogens with zero attached hydrogens (tertiary/aromatic N) is 2. The molecule has 0 amide bonds. The van der Waals surface area contributed by atoms with Crippen LogP contribution >= 0.6 is 11.6 Å². The van der Waals surface area contributed by atoms with Gasteiger partial charge in [-0.1, -0.05) is 18.5 Å². The largest absolute Gasteiger partial charge is 0.486 e. The average Bonchev–Trinajstić information content (AvgIpc) is 2.46. The highest BCUT2D eigenvalue weighted by Gasteiger charge is 2.05. The fourth-order valence-corrected chi connectivity index (χ4v) is 1.92. The zero-order chi connectivity index (χ0) is 15.2. The predicted octanol–water partition coefficient (Wildman–Crippen LogP) is 3.98. The molecule has 21 heavy (non-hydrogen) atoms. The fraction of sp³-hybridized carbons (Fsp3) is 0.333. The quantitative estimate of drug-likeness (QED) is 0.877. The van der Waals surface area contributed by atoms with E-state index in [1.807, 2.05) is 13.0 Å². The van der Waals surface area contributed by atoms with Crippen LogP contribution in [0, 0.1) is 12.7 Å². The minimum absolute atomic E-state index is 0.0305. The van der Waals surface area contributed by atoms with E-state index in [0.717, 1.165) is 24.5 Å². The van der Waals surface area contributed by atoms with Crippen molar-refractivity contribution in [3.63, 3.8) is 0 Å². The monoisotopic (exact) mass is 309 g/mol. The lowest BCUT2D eigenvalue weighted by molar-refractivity contribution is 0.295. The molecule has 4 nitrogen and oxygen atoms in total. The van der Waals surface area contributed by atoms with Crippen molar-refractivity contribution in [2.75, 3.05) is 11.9 Å². The van der Waals surface area contributed by atoms with Crippen molar-refractivity contribution in [2.45, 2.75) is 26.9 Å². The summed E-state index contributed by atoms with van der Waals surface area (Å²) in [4.78, 5) is 8.69. The summed E-state index contributed by atoms with van der Waals surface area (Å²) in [6.07, 6.45) is 1.02. The highest BCUT2D eigenvalue weighted by Crippen LogP contribution is 2.21. The lowest BCUT2D eigenvalue weighted by atomic mass is 10.3. The van der Waals surface area contributed by atoms with E-state index in [1.54, 1.807) is 0 Å². The molecule has 0 bridgehead atoms. The molecule has 1 heterocycles. The van der Waals surface area contributed by atoms with Crippen LogP contribution in [0.5, 0.6) is 5.75 Å². The molecule has 1 aromatic carbocycles. The Bertz CT molecular complexity index is 622. The summed E-state index contributed by atoms with van der Waals surface area (Å²) in [5.41, 5.74) is 0.861. The molecule has 6 heteroatoms. The molecule has 0 aliphatic carbocycles. The van der Waals surface area contributed by atoms with Gasteiger partial charge >= 0.3 is 0 Å². The third-order valence-corrected chi connectivity index (χ3v) is 3.01. The Morgan fingerprint density at radius 1 is 1.29 bits per heavy atom. The molecule has 0 radical (unpaired) electrons. The van der Waals surface area contributed by atoms with Gasteiger partial charge in [0, 0.05) is 24.4 Å². The van der Waals surface area contributed by atoms with Crippen LogP contribution < -0.4 is 10.1 Å². The molecule has 0 saturated carbocycles.